The molecule has 16 heavy (non-hydrogen) atoms. The van der Waals surface area contributed by atoms with Crippen LogP contribution in [0.4, 0.5) is 0 Å². The number of thiophene rings is 1. The Hall–Kier alpha value is -1.60. The zero-order valence-electron chi connectivity index (χ0n) is 9.10. The van der Waals surface area contributed by atoms with Gasteiger partial charge in [-0.2, -0.15) is 0 Å². The summed E-state index contributed by atoms with van der Waals surface area (Å²) in [5.74, 6) is 0. The Balaban J connectivity index is 2.32. The van der Waals surface area contributed by atoms with Gasteiger partial charge in [0.1, 0.15) is 0 Å². The van der Waals surface area contributed by atoms with Crippen LogP contribution in [-0.4, -0.2) is 0 Å². The van der Waals surface area contributed by atoms with E-state index < -0.39 is 0 Å². The first-order chi connectivity index (χ1) is 7.86. The standard InChI is InChI=1S/C15H12S/c1-11-13-6-3-2-5-12(13)8-9-14(11)15-7-4-10-16-15/h2-10H,1H3. The highest BCUT2D eigenvalue weighted by Crippen LogP contribution is 2.32. The molecule has 0 spiro atoms. The predicted molar refractivity (Wildman–Crippen MR) is 72.0 cm³/mol. The maximum Gasteiger partial charge on any atom is 0.0345 e. The molecule has 0 aliphatic rings. The topological polar surface area (TPSA) is 0 Å². The van der Waals surface area contributed by atoms with Gasteiger partial charge in [-0.1, -0.05) is 42.5 Å². The molecule has 0 aliphatic carbocycles. The summed E-state index contributed by atoms with van der Waals surface area (Å²) < 4.78 is 0. The first kappa shape index (κ1) is 9.61. The summed E-state index contributed by atoms with van der Waals surface area (Å²) >= 11 is 1.80. The van der Waals surface area contributed by atoms with Gasteiger partial charge in [0.05, 0.1) is 0 Å². The van der Waals surface area contributed by atoms with Crippen LogP contribution in [0.1, 0.15) is 5.56 Å². The van der Waals surface area contributed by atoms with E-state index in [2.05, 4.69) is 60.8 Å². The van der Waals surface area contributed by atoms with Crippen molar-refractivity contribution >= 4 is 22.1 Å². The summed E-state index contributed by atoms with van der Waals surface area (Å²) in [7, 11) is 0. The van der Waals surface area contributed by atoms with Crippen molar-refractivity contribution in [3.05, 3.63) is 59.5 Å². The van der Waals surface area contributed by atoms with Crippen LogP contribution >= 0.6 is 11.3 Å². The molecule has 0 radical (unpaired) electrons. The minimum atomic E-state index is 1.32. The van der Waals surface area contributed by atoms with Gasteiger partial charge in [-0.25, -0.2) is 0 Å². The van der Waals surface area contributed by atoms with E-state index in [9.17, 15) is 0 Å². The van der Waals surface area contributed by atoms with E-state index in [-0.39, 0.29) is 0 Å². The molecule has 0 bridgehead atoms. The monoisotopic (exact) mass is 224 g/mol. The largest absolute Gasteiger partial charge is 0.144 e. The number of fused-ring (bicyclic) bond motifs is 1. The normalized spacial score (nSPS) is 10.8. The molecule has 0 N–H and O–H groups in total. The lowest BCUT2D eigenvalue weighted by Gasteiger charge is -2.07. The summed E-state index contributed by atoms with van der Waals surface area (Å²) in [6.45, 7) is 2.21. The van der Waals surface area contributed by atoms with Crippen LogP contribution in [-0.2, 0) is 0 Å². The van der Waals surface area contributed by atoms with E-state index in [0.717, 1.165) is 0 Å². The molecule has 0 aliphatic heterocycles. The van der Waals surface area contributed by atoms with Gasteiger partial charge in [-0.3, -0.25) is 0 Å². The van der Waals surface area contributed by atoms with Gasteiger partial charge in [-0.05, 0) is 40.3 Å². The Labute approximate surface area is 99.2 Å². The molecule has 0 saturated heterocycles. The van der Waals surface area contributed by atoms with Crippen molar-refractivity contribution < 1.29 is 0 Å². The third-order valence-electron chi connectivity index (χ3n) is 2.98. The van der Waals surface area contributed by atoms with E-state index >= 15 is 0 Å². The molecule has 3 aromatic rings. The fraction of sp³-hybridized carbons (Fsp3) is 0.0667. The van der Waals surface area contributed by atoms with Gasteiger partial charge in [0.25, 0.3) is 0 Å². The van der Waals surface area contributed by atoms with Crippen molar-refractivity contribution in [2.45, 2.75) is 6.92 Å². The van der Waals surface area contributed by atoms with E-state index in [0.29, 0.717) is 0 Å². The maximum absolute atomic E-state index is 2.23. The highest BCUT2D eigenvalue weighted by molar-refractivity contribution is 7.13. The maximum atomic E-state index is 2.23. The van der Waals surface area contributed by atoms with Gasteiger partial charge in [0, 0.05) is 4.88 Å². The number of hydrogen-bond acceptors (Lipinski definition) is 1. The predicted octanol–water partition coefficient (Wildman–Crippen LogP) is 4.88. The minimum absolute atomic E-state index is 1.32. The molecule has 0 unspecified atom stereocenters. The Morgan fingerprint density at radius 2 is 1.75 bits per heavy atom. The summed E-state index contributed by atoms with van der Waals surface area (Å²) in [6, 6.07) is 17.3. The molecule has 0 fully saturated rings. The van der Waals surface area contributed by atoms with Crippen LogP contribution in [0.2, 0.25) is 0 Å². The van der Waals surface area contributed by atoms with Crippen LogP contribution in [0.25, 0.3) is 21.2 Å². The van der Waals surface area contributed by atoms with Crippen molar-refractivity contribution in [2.24, 2.45) is 0 Å². The highest BCUT2D eigenvalue weighted by atomic mass is 32.1. The lowest BCUT2D eigenvalue weighted by Crippen LogP contribution is -1.83. The second-order valence-corrected chi connectivity index (χ2v) is 4.88. The van der Waals surface area contributed by atoms with Crippen LogP contribution in [0.15, 0.2) is 53.9 Å². The summed E-state index contributed by atoms with van der Waals surface area (Å²) in [4.78, 5) is 1.35. The van der Waals surface area contributed by atoms with Crippen molar-refractivity contribution in [1.82, 2.24) is 0 Å². The number of benzene rings is 2. The van der Waals surface area contributed by atoms with E-state index in [1.54, 1.807) is 11.3 Å². The van der Waals surface area contributed by atoms with E-state index in [1.165, 1.54) is 26.8 Å². The van der Waals surface area contributed by atoms with Gasteiger partial charge in [0.2, 0.25) is 0 Å². The zero-order valence-corrected chi connectivity index (χ0v) is 9.92. The number of aryl methyl sites for hydroxylation is 1. The number of hydrogen-bond donors (Lipinski definition) is 0. The van der Waals surface area contributed by atoms with Crippen LogP contribution < -0.4 is 0 Å². The van der Waals surface area contributed by atoms with Crippen molar-refractivity contribution in [3.63, 3.8) is 0 Å². The van der Waals surface area contributed by atoms with Gasteiger partial charge in [0.15, 0.2) is 0 Å². The highest BCUT2D eigenvalue weighted by Gasteiger charge is 2.05. The van der Waals surface area contributed by atoms with Crippen molar-refractivity contribution in [1.29, 1.82) is 0 Å². The molecular weight excluding hydrogens is 212 g/mol. The lowest BCUT2D eigenvalue weighted by atomic mass is 9.99. The molecule has 1 aromatic heterocycles. The Morgan fingerprint density at radius 3 is 2.56 bits per heavy atom. The van der Waals surface area contributed by atoms with Gasteiger partial charge in [-0.15, -0.1) is 11.3 Å². The molecule has 0 atom stereocenters. The summed E-state index contributed by atoms with van der Waals surface area (Å²) in [5.41, 5.74) is 2.73. The Morgan fingerprint density at radius 1 is 0.875 bits per heavy atom. The van der Waals surface area contributed by atoms with Crippen LogP contribution in [0.5, 0.6) is 0 Å². The third-order valence-corrected chi connectivity index (χ3v) is 3.89. The van der Waals surface area contributed by atoms with Gasteiger partial charge >= 0.3 is 0 Å². The average molecular weight is 224 g/mol. The fourth-order valence-electron chi connectivity index (χ4n) is 2.13. The molecular formula is C15H12S. The van der Waals surface area contributed by atoms with E-state index in [4.69, 9.17) is 0 Å². The Kier molecular flexibility index (Phi) is 2.26. The second-order valence-electron chi connectivity index (χ2n) is 3.94. The zero-order chi connectivity index (χ0) is 11.0. The van der Waals surface area contributed by atoms with Crippen molar-refractivity contribution in [3.8, 4) is 10.4 Å². The fourth-order valence-corrected chi connectivity index (χ4v) is 2.93. The molecule has 0 saturated carbocycles. The molecule has 3 rings (SSSR count). The number of rotatable bonds is 1. The smallest absolute Gasteiger partial charge is 0.0345 e. The first-order valence-corrected chi connectivity index (χ1v) is 6.26. The molecule has 1 heteroatoms. The summed E-state index contributed by atoms with van der Waals surface area (Å²) in [6.07, 6.45) is 0. The van der Waals surface area contributed by atoms with Crippen LogP contribution in [0.3, 0.4) is 0 Å². The van der Waals surface area contributed by atoms with Crippen LogP contribution in [0, 0.1) is 6.92 Å². The molecule has 0 nitrogen and oxygen atoms in total. The molecule has 0 amide bonds. The Bertz CT molecular complexity index is 621. The quantitative estimate of drug-likeness (QED) is 0.553. The molecule has 1 heterocycles. The molecule has 78 valence electrons. The average Bonchev–Trinajstić information content (AvgIpc) is 2.83. The third kappa shape index (κ3) is 1.44. The first-order valence-electron chi connectivity index (χ1n) is 5.38. The van der Waals surface area contributed by atoms with E-state index in [1.807, 2.05) is 0 Å². The van der Waals surface area contributed by atoms with Crippen molar-refractivity contribution in [2.75, 3.05) is 0 Å². The molecule has 2 aromatic carbocycles. The lowest BCUT2D eigenvalue weighted by molar-refractivity contribution is 1.53. The summed E-state index contributed by atoms with van der Waals surface area (Å²) in [5, 5.41) is 4.80. The minimum Gasteiger partial charge on any atom is -0.144 e. The van der Waals surface area contributed by atoms with Gasteiger partial charge < -0.3 is 0 Å². The second kappa shape index (κ2) is 3.76. The SMILES string of the molecule is Cc1c(-c2cccs2)ccc2ccccc12.